The van der Waals surface area contributed by atoms with E-state index in [9.17, 15) is 14.3 Å². The minimum atomic E-state index is -4.26. The predicted octanol–water partition coefficient (Wildman–Crippen LogP) is 8.97. The Balaban J connectivity index is -0.00000160. The Morgan fingerprint density at radius 1 is 0.758 bits per heavy atom. The Hall–Kier alpha value is 0.386. The minimum absolute atomic E-state index is 0. The zero-order valence-electron chi connectivity index (χ0n) is 24.2. The molecule has 0 radical (unpaired) electrons. The summed E-state index contributed by atoms with van der Waals surface area (Å²) in [6, 6.07) is 0. The molecule has 0 aliphatic rings. The van der Waals surface area contributed by atoms with Crippen molar-refractivity contribution >= 4 is 36.8 Å². The number of carbonyl (C=O) groups excluding carboxylic acids is 1. The topological polar surface area (TPSA) is 72.8 Å². The van der Waals surface area contributed by atoms with E-state index in [0.29, 0.717) is 18.8 Å². The molecule has 1 N–H and O–H groups in total. The summed E-state index contributed by atoms with van der Waals surface area (Å²) in [5.74, 6) is 0.0332. The maximum atomic E-state index is 11.8. The van der Waals surface area contributed by atoms with Crippen LogP contribution in [0.25, 0.3) is 0 Å². The molecular formula is C26H55MgO5P. The second-order valence-corrected chi connectivity index (χ2v) is 11.1. The average molecular weight is 503 g/mol. The summed E-state index contributed by atoms with van der Waals surface area (Å²) >= 11 is 0. The number of hydrogen-bond acceptors (Lipinski definition) is 4. The van der Waals surface area contributed by atoms with Crippen molar-refractivity contribution in [1.82, 2.24) is 0 Å². The van der Waals surface area contributed by atoms with E-state index < -0.39 is 13.8 Å². The van der Waals surface area contributed by atoms with E-state index in [0.717, 1.165) is 32.1 Å². The van der Waals surface area contributed by atoms with Gasteiger partial charge in [0.15, 0.2) is 0 Å². The fourth-order valence-electron chi connectivity index (χ4n) is 3.85. The summed E-state index contributed by atoms with van der Waals surface area (Å²) in [7, 11) is -4.26. The van der Waals surface area contributed by atoms with Crippen LogP contribution >= 0.6 is 7.82 Å². The van der Waals surface area contributed by atoms with E-state index in [2.05, 4.69) is 25.3 Å². The van der Waals surface area contributed by atoms with Crippen LogP contribution in [0.5, 0.6) is 0 Å². The third-order valence-electron chi connectivity index (χ3n) is 5.88. The molecular weight excluding hydrogens is 448 g/mol. The van der Waals surface area contributed by atoms with E-state index in [1.54, 1.807) is 0 Å². The van der Waals surface area contributed by atoms with Crippen LogP contribution in [0, 0.1) is 5.92 Å². The van der Waals surface area contributed by atoms with Crippen molar-refractivity contribution in [3.05, 3.63) is 0 Å². The number of phosphoric ester groups is 1. The van der Waals surface area contributed by atoms with Crippen LogP contribution in [0.2, 0.25) is 0 Å². The quantitative estimate of drug-likeness (QED) is 0.0809. The molecule has 5 nitrogen and oxygen atoms in total. The number of carbonyl (C=O) groups is 1. The first-order valence-electron chi connectivity index (χ1n) is 13.6. The SMILES string of the molecule is CCCCCCCCCCCCCCCCCC(=O)OP(=O)(O)OCCCCCC(C)C.[H-].[H-].[Mg+2]. The van der Waals surface area contributed by atoms with Gasteiger partial charge in [-0.25, -0.2) is 4.57 Å². The predicted molar refractivity (Wildman–Crippen MR) is 143 cm³/mol. The van der Waals surface area contributed by atoms with Crippen LogP contribution in [0.4, 0.5) is 0 Å². The first-order valence-corrected chi connectivity index (χ1v) is 15.1. The van der Waals surface area contributed by atoms with Gasteiger partial charge >= 0.3 is 36.8 Å². The first-order chi connectivity index (χ1) is 15.4. The Kier molecular flexibility index (Phi) is 27.4. The largest absolute Gasteiger partial charge is 2.00 e. The second-order valence-electron chi connectivity index (χ2n) is 9.71. The molecule has 0 saturated heterocycles. The molecule has 0 aliphatic carbocycles. The van der Waals surface area contributed by atoms with Gasteiger partial charge in [-0.3, -0.25) is 14.2 Å². The summed E-state index contributed by atoms with van der Waals surface area (Å²) in [6.45, 7) is 6.77. The molecule has 0 aliphatic heterocycles. The maximum absolute atomic E-state index is 11.8. The van der Waals surface area contributed by atoms with Crippen molar-refractivity contribution in [1.29, 1.82) is 0 Å². The normalized spacial score (nSPS) is 13.0. The summed E-state index contributed by atoms with van der Waals surface area (Å²) in [5, 5.41) is 0. The van der Waals surface area contributed by atoms with Crippen molar-refractivity contribution in [2.45, 2.75) is 149 Å². The molecule has 0 aromatic heterocycles. The van der Waals surface area contributed by atoms with Gasteiger partial charge in [-0.05, 0) is 18.8 Å². The molecule has 1 atom stereocenters. The van der Waals surface area contributed by atoms with E-state index >= 15 is 0 Å². The van der Waals surface area contributed by atoms with Gasteiger partial charge in [-0.15, -0.1) is 0 Å². The molecule has 7 heteroatoms. The molecule has 0 aromatic carbocycles. The average Bonchev–Trinajstić information content (AvgIpc) is 2.72. The van der Waals surface area contributed by atoms with Crippen LogP contribution < -0.4 is 0 Å². The van der Waals surface area contributed by atoms with Crippen LogP contribution in [-0.2, 0) is 18.4 Å². The molecule has 0 bridgehead atoms. The summed E-state index contributed by atoms with van der Waals surface area (Å²) < 4.78 is 21.4. The first kappa shape index (κ1) is 35.5. The Morgan fingerprint density at radius 3 is 1.64 bits per heavy atom. The van der Waals surface area contributed by atoms with Crippen LogP contribution in [0.3, 0.4) is 0 Å². The third-order valence-corrected chi connectivity index (χ3v) is 6.83. The van der Waals surface area contributed by atoms with E-state index in [1.807, 2.05) is 0 Å². The Bertz CT molecular complexity index is 485. The zero-order valence-corrected chi connectivity index (χ0v) is 24.5. The van der Waals surface area contributed by atoms with Crippen molar-refractivity contribution < 1.29 is 26.2 Å². The number of unbranched alkanes of at least 4 members (excludes halogenated alkanes) is 16. The van der Waals surface area contributed by atoms with Gasteiger partial charge in [-0.1, -0.05) is 130 Å². The molecule has 33 heavy (non-hydrogen) atoms. The van der Waals surface area contributed by atoms with Crippen LogP contribution in [-0.4, -0.2) is 40.5 Å². The smallest absolute Gasteiger partial charge is 1.00 e. The van der Waals surface area contributed by atoms with Crippen LogP contribution in [0.1, 0.15) is 152 Å². The van der Waals surface area contributed by atoms with Gasteiger partial charge in [0, 0.05) is 6.42 Å². The Labute approximate surface area is 224 Å². The van der Waals surface area contributed by atoms with E-state index in [4.69, 9.17) is 4.52 Å². The number of rotatable bonds is 24. The van der Waals surface area contributed by atoms with E-state index in [1.165, 1.54) is 77.0 Å². The van der Waals surface area contributed by atoms with Crippen molar-refractivity contribution in [2.24, 2.45) is 5.92 Å². The van der Waals surface area contributed by atoms with Gasteiger partial charge in [0.1, 0.15) is 0 Å². The molecule has 0 spiro atoms. The van der Waals surface area contributed by atoms with Crippen LogP contribution in [0.15, 0.2) is 0 Å². The molecule has 0 heterocycles. The van der Waals surface area contributed by atoms with Gasteiger partial charge < -0.3 is 7.38 Å². The van der Waals surface area contributed by atoms with E-state index in [-0.39, 0.29) is 38.9 Å². The number of hydrogen-bond donors (Lipinski definition) is 1. The summed E-state index contributed by atoms with van der Waals surface area (Å²) in [4.78, 5) is 21.4. The Morgan fingerprint density at radius 2 is 1.18 bits per heavy atom. The molecule has 196 valence electrons. The van der Waals surface area contributed by atoms with Gasteiger partial charge in [0.05, 0.1) is 6.61 Å². The molecule has 0 fully saturated rings. The minimum Gasteiger partial charge on any atom is -1.00 e. The molecule has 0 amide bonds. The molecule has 0 rings (SSSR count). The monoisotopic (exact) mass is 502 g/mol. The zero-order chi connectivity index (χ0) is 23.9. The molecule has 0 aromatic rings. The van der Waals surface area contributed by atoms with Crippen molar-refractivity contribution in [3.63, 3.8) is 0 Å². The second kappa shape index (κ2) is 25.5. The fourth-order valence-corrected chi connectivity index (χ4v) is 4.61. The molecule has 0 saturated carbocycles. The molecule has 1 unspecified atom stereocenters. The van der Waals surface area contributed by atoms with Gasteiger partial charge in [-0.2, -0.15) is 0 Å². The van der Waals surface area contributed by atoms with Crippen molar-refractivity contribution in [3.8, 4) is 0 Å². The summed E-state index contributed by atoms with van der Waals surface area (Å²) in [6.07, 6.45) is 23.0. The maximum Gasteiger partial charge on any atom is 2.00 e. The third kappa shape index (κ3) is 28.5. The standard InChI is InChI=1S/C26H53O5P.Mg.2H/c1-4-5-6-7-8-9-10-11-12-13-14-15-16-17-20-23-26(27)31-32(28,29)30-24-21-18-19-22-25(2)3;;;/h25H,4-24H2,1-3H3,(H,28,29);;;/q;+2;2*-1. The summed E-state index contributed by atoms with van der Waals surface area (Å²) in [5.41, 5.74) is 0. The number of phosphoric acid groups is 1. The fraction of sp³-hybridized carbons (Fsp3) is 0.962. The van der Waals surface area contributed by atoms with Gasteiger partial charge in [0.25, 0.3) is 0 Å². The van der Waals surface area contributed by atoms with Crippen molar-refractivity contribution in [2.75, 3.05) is 6.61 Å². The van der Waals surface area contributed by atoms with Gasteiger partial charge in [0.2, 0.25) is 0 Å².